The largest absolute Gasteiger partial charge is 0.490 e. The second-order valence-electron chi connectivity index (χ2n) is 10.0. The predicted octanol–water partition coefficient (Wildman–Crippen LogP) is 7.20. The maximum atomic E-state index is 12.2. The van der Waals surface area contributed by atoms with Crippen LogP contribution in [0.5, 0.6) is 11.5 Å². The number of carbonyl (C=O) groups is 2. The Morgan fingerprint density at radius 3 is 1.95 bits per heavy atom. The lowest BCUT2D eigenvalue weighted by Gasteiger charge is -2.18. The molecular weight excluding hydrogens is 520 g/mol. The first-order valence-corrected chi connectivity index (χ1v) is 14.6. The Labute approximate surface area is 243 Å². The van der Waals surface area contributed by atoms with E-state index >= 15 is 0 Å². The summed E-state index contributed by atoms with van der Waals surface area (Å²) in [5.74, 6) is 1.02. The van der Waals surface area contributed by atoms with Crippen LogP contribution in [0.3, 0.4) is 0 Å². The summed E-state index contributed by atoms with van der Waals surface area (Å²) in [5, 5.41) is 0. The smallest absolute Gasteiger partial charge is 0.347 e. The zero-order valence-corrected chi connectivity index (χ0v) is 24.6. The average molecular weight is 563 g/mol. The fourth-order valence-corrected chi connectivity index (χ4v) is 3.98. The molecule has 0 aliphatic carbocycles. The number of hydrogen-bond donors (Lipinski definition) is 0. The summed E-state index contributed by atoms with van der Waals surface area (Å²) in [4.78, 5) is 32.8. The molecule has 2 unspecified atom stereocenters. The number of unbranched alkanes of at least 4 members (excludes halogenated alkanes) is 4. The summed E-state index contributed by atoms with van der Waals surface area (Å²) in [6.07, 6.45) is 8.56. The fraction of sp³-hybridized carbons (Fsp3) is 0.455. The van der Waals surface area contributed by atoms with E-state index in [1.165, 1.54) is 26.2 Å². The van der Waals surface area contributed by atoms with E-state index in [-0.39, 0.29) is 6.61 Å². The van der Waals surface area contributed by atoms with Crippen molar-refractivity contribution in [3.63, 3.8) is 0 Å². The Kier molecular flexibility index (Phi) is 13.1. The highest BCUT2D eigenvalue weighted by molar-refractivity contribution is 5.79. The number of ether oxygens (including phenoxy) is 4. The molecule has 0 fully saturated rings. The normalized spacial score (nSPS) is 12.3. The lowest BCUT2D eigenvalue weighted by atomic mass is 10.0. The van der Waals surface area contributed by atoms with Crippen LogP contribution in [0.2, 0.25) is 0 Å². The summed E-state index contributed by atoms with van der Waals surface area (Å²) in [6, 6.07) is 15.8. The van der Waals surface area contributed by atoms with Crippen molar-refractivity contribution >= 4 is 11.9 Å². The maximum absolute atomic E-state index is 12.2. The van der Waals surface area contributed by atoms with Crippen LogP contribution in [0.1, 0.15) is 72.6 Å². The predicted molar refractivity (Wildman–Crippen MR) is 159 cm³/mol. The molecule has 8 heteroatoms. The Hall–Kier alpha value is -3.94. The van der Waals surface area contributed by atoms with E-state index in [2.05, 4.69) is 16.9 Å². The first kappa shape index (κ1) is 31.6. The minimum absolute atomic E-state index is 0.180. The molecule has 0 aliphatic rings. The van der Waals surface area contributed by atoms with Gasteiger partial charge in [-0.2, -0.15) is 0 Å². The molecule has 0 spiro atoms. The van der Waals surface area contributed by atoms with Crippen LogP contribution in [-0.4, -0.2) is 47.3 Å². The Morgan fingerprint density at radius 1 is 0.707 bits per heavy atom. The zero-order valence-electron chi connectivity index (χ0n) is 24.6. The molecule has 0 saturated heterocycles. The van der Waals surface area contributed by atoms with Gasteiger partial charge in [0.2, 0.25) is 0 Å². The molecule has 0 radical (unpaired) electrons. The van der Waals surface area contributed by atoms with Gasteiger partial charge in [-0.25, -0.2) is 14.8 Å². The highest BCUT2D eigenvalue weighted by Gasteiger charge is 2.21. The van der Waals surface area contributed by atoms with E-state index in [4.69, 9.17) is 18.9 Å². The molecule has 0 N–H and O–H groups in total. The van der Waals surface area contributed by atoms with Gasteiger partial charge < -0.3 is 18.9 Å². The van der Waals surface area contributed by atoms with Gasteiger partial charge in [0.1, 0.15) is 18.5 Å². The Bertz CT molecular complexity index is 1200. The van der Waals surface area contributed by atoms with Crippen LogP contribution in [0.25, 0.3) is 22.5 Å². The molecular formula is C33H42N2O6. The quantitative estimate of drug-likeness (QED) is 0.126. The summed E-state index contributed by atoms with van der Waals surface area (Å²) in [6.45, 7) is 8.29. The van der Waals surface area contributed by atoms with Crippen molar-refractivity contribution in [2.45, 2.75) is 84.8 Å². The van der Waals surface area contributed by atoms with Crippen molar-refractivity contribution in [3.05, 3.63) is 60.9 Å². The van der Waals surface area contributed by atoms with E-state index in [0.717, 1.165) is 36.0 Å². The number of hydrogen-bond acceptors (Lipinski definition) is 8. The van der Waals surface area contributed by atoms with Crippen LogP contribution in [0.4, 0.5) is 0 Å². The Balaban J connectivity index is 1.45. The van der Waals surface area contributed by atoms with Gasteiger partial charge >= 0.3 is 11.9 Å². The third-order valence-electron chi connectivity index (χ3n) is 6.40. The van der Waals surface area contributed by atoms with Crippen LogP contribution in [0, 0.1) is 0 Å². The lowest BCUT2D eigenvalue weighted by Crippen LogP contribution is -2.31. The van der Waals surface area contributed by atoms with Gasteiger partial charge in [-0.05, 0) is 49.9 Å². The van der Waals surface area contributed by atoms with Crippen molar-refractivity contribution in [1.29, 1.82) is 0 Å². The van der Waals surface area contributed by atoms with Crippen LogP contribution in [-0.2, 0) is 19.1 Å². The molecule has 220 valence electrons. The van der Waals surface area contributed by atoms with Gasteiger partial charge in [0, 0.05) is 12.0 Å². The molecule has 1 heterocycles. The number of esters is 2. The maximum Gasteiger partial charge on any atom is 0.347 e. The standard InChI is InChI=1S/C33H42N2O6/c1-5-7-9-10-20-38-30-21-34-32(35-22-30)28-14-12-26(13-15-28)27-16-18-29(19-17-27)39-23-24(3)40-33(37)25(4)41-31(36)11-8-6-2/h12-19,21-22,24-25H,5-11,20,23H2,1-4H3. The van der Waals surface area contributed by atoms with Gasteiger partial charge in [-0.1, -0.05) is 75.9 Å². The van der Waals surface area contributed by atoms with Gasteiger partial charge in [0.05, 0.1) is 19.0 Å². The van der Waals surface area contributed by atoms with E-state index in [9.17, 15) is 9.59 Å². The molecule has 3 rings (SSSR count). The molecule has 0 bridgehead atoms. The lowest BCUT2D eigenvalue weighted by molar-refractivity contribution is -0.170. The van der Waals surface area contributed by atoms with Crippen LogP contribution >= 0.6 is 0 Å². The van der Waals surface area contributed by atoms with Crippen molar-refractivity contribution in [3.8, 4) is 34.0 Å². The molecule has 41 heavy (non-hydrogen) atoms. The highest BCUT2D eigenvalue weighted by atomic mass is 16.6. The molecule has 2 atom stereocenters. The minimum atomic E-state index is -0.947. The van der Waals surface area contributed by atoms with Crippen molar-refractivity contribution < 1.29 is 28.5 Å². The van der Waals surface area contributed by atoms with Crippen LogP contribution < -0.4 is 9.47 Å². The fourth-order valence-electron chi connectivity index (χ4n) is 3.98. The van der Waals surface area contributed by atoms with Gasteiger partial charge in [-0.3, -0.25) is 4.79 Å². The van der Waals surface area contributed by atoms with E-state index < -0.39 is 24.1 Å². The SMILES string of the molecule is CCCCCCOc1cnc(-c2ccc(-c3ccc(OCC(C)OC(=O)C(C)OC(=O)CCCC)cc3)cc2)nc1. The number of carbonyl (C=O) groups excluding carboxylic acids is 2. The number of rotatable bonds is 17. The third kappa shape index (κ3) is 10.9. The number of benzene rings is 2. The monoisotopic (exact) mass is 562 g/mol. The minimum Gasteiger partial charge on any atom is -0.490 e. The first-order chi connectivity index (χ1) is 19.9. The number of aromatic nitrogens is 2. The average Bonchev–Trinajstić information content (AvgIpc) is 2.99. The van der Waals surface area contributed by atoms with Crippen molar-refractivity contribution in [2.24, 2.45) is 0 Å². The molecule has 3 aromatic rings. The van der Waals surface area contributed by atoms with E-state index in [0.29, 0.717) is 30.4 Å². The summed E-state index contributed by atoms with van der Waals surface area (Å²) in [5.41, 5.74) is 3.02. The Morgan fingerprint density at radius 2 is 1.32 bits per heavy atom. The molecule has 1 aromatic heterocycles. The molecule has 0 aliphatic heterocycles. The molecule has 0 saturated carbocycles. The van der Waals surface area contributed by atoms with Gasteiger partial charge in [0.15, 0.2) is 17.7 Å². The van der Waals surface area contributed by atoms with E-state index in [1.807, 2.05) is 55.5 Å². The van der Waals surface area contributed by atoms with E-state index in [1.54, 1.807) is 19.3 Å². The summed E-state index contributed by atoms with van der Waals surface area (Å²) < 4.78 is 22.0. The number of nitrogens with zero attached hydrogens (tertiary/aromatic N) is 2. The van der Waals surface area contributed by atoms with Gasteiger partial charge in [-0.15, -0.1) is 0 Å². The second-order valence-corrected chi connectivity index (χ2v) is 10.0. The van der Waals surface area contributed by atoms with Crippen molar-refractivity contribution in [1.82, 2.24) is 9.97 Å². The second kappa shape index (κ2) is 17.0. The highest BCUT2D eigenvalue weighted by Crippen LogP contribution is 2.25. The molecule has 2 aromatic carbocycles. The van der Waals surface area contributed by atoms with Crippen LogP contribution in [0.15, 0.2) is 60.9 Å². The first-order valence-electron chi connectivity index (χ1n) is 14.6. The summed E-state index contributed by atoms with van der Waals surface area (Å²) in [7, 11) is 0. The van der Waals surface area contributed by atoms with Crippen molar-refractivity contribution in [2.75, 3.05) is 13.2 Å². The summed E-state index contributed by atoms with van der Waals surface area (Å²) >= 11 is 0. The van der Waals surface area contributed by atoms with Gasteiger partial charge in [0.25, 0.3) is 0 Å². The molecule has 0 amide bonds. The molecule has 8 nitrogen and oxygen atoms in total. The topological polar surface area (TPSA) is 96.8 Å². The third-order valence-corrected chi connectivity index (χ3v) is 6.40. The zero-order chi connectivity index (χ0) is 29.5.